The number of hydrogen-bond acceptors (Lipinski definition) is 3. The molecular formula is C16H11Br2NS2. The minimum absolute atomic E-state index is 0.900. The van der Waals surface area contributed by atoms with Crippen molar-refractivity contribution in [3.8, 4) is 11.3 Å². The molecule has 5 heteroatoms. The zero-order valence-corrected chi connectivity index (χ0v) is 15.7. The van der Waals surface area contributed by atoms with Gasteiger partial charge >= 0.3 is 0 Å². The van der Waals surface area contributed by atoms with Gasteiger partial charge in [0.1, 0.15) is 5.01 Å². The van der Waals surface area contributed by atoms with Crippen LogP contribution in [0.25, 0.3) is 11.3 Å². The summed E-state index contributed by atoms with van der Waals surface area (Å²) in [5.74, 6) is 0.900. The van der Waals surface area contributed by atoms with E-state index in [0.29, 0.717) is 0 Å². The first kappa shape index (κ1) is 15.3. The maximum atomic E-state index is 4.72. The molecule has 0 aliphatic heterocycles. The summed E-state index contributed by atoms with van der Waals surface area (Å²) in [5, 5.41) is 3.28. The van der Waals surface area contributed by atoms with Gasteiger partial charge in [0, 0.05) is 24.8 Å². The number of aromatic nitrogens is 1. The van der Waals surface area contributed by atoms with E-state index in [4.69, 9.17) is 4.98 Å². The Morgan fingerprint density at radius 2 is 1.81 bits per heavy atom. The lowest BCUT2D eigenvalue weighted by Crippen LogP contribution is -1.81. The standard InChI is InChI=1S/C16H11Br2NS2/c17-12-6-4-11(5-7-12)15-9-21-16(19-15)10-20-14-3-1-2-13(18)8-14/h1-9H,10H2. The Labute approximate surface area is 149 Å². The molecule has 0 radical (unpaired) electrons. The maximum Gasteiger partial charge on any atom is 0.104 e. The highest BCUT2D eigenvalue weighted by Gasteiger charge is 2.05. The predicted molar refractivity (Wildman–Crippen MR) is 99.0 cm³/mol. The topological polar surface area (TPSA) is 12.9 Å². The highest BCUT2D eigenvalue weighted by atomic mass is 79.9. The van der Waals surface area contributed by atoms with E-state index in [-0.39, 0.29) is 0 Å². The van der Waals surface area contributed by atoms with Gasteiger partial charge in [-0.3, -0.25) is 0 Å². The number of halogens is 2. The number of benzene rings is 2. The van der Waals surface area contributed by atoms with Crippen molar-refractivity contribution in [3.05, 3.63) is 67.9 Å². The summed E-state index contributed by atoms with van der Waals surface area (Å²) in [6.07, 6.45) is 0. The van der Waals surface area contributed by atoms with Crippen molar-refractivity contribution in [2.75, 3.05) is 0 Å². The van der Waals surface area contributed by atoms with E-state index in [0.717, 1.165) is 31.0 Å². The quantitative estimate of drug-likeness (QED) is 0.422. The molecule has 0 amide bonds. The fourth-order valence-electron chi connectivity index (χ4n) is 1.83. The van der Waals surface area contributed by atoms with E-state index < -0.39 is 0 Å². The molecule has 21 heavy (non-hydrogen) atoms. The SMILES string of the molecule is Brc1ccc(-c2csc(CSc3cccc(Br)c3)n2)cc1. The summed E-state index contributed by atoms with van der Waals surface area (Å²) in [7, 11) is 0. The first-order chi connectivity index (χ1) is 10.2. The second-order valence-corrected chi connectivity index (χ2v) is 8.20. The Kier molecular flexibility index (Phi) is 5.16. The minimum Gasteiger partial charge on any atom is -0.240 e. The third kappa shape index (κ3) is 4.19. The van der Waals surface area contributed by atoms with Gasteiger partial charge in [0.05, 0.1) is 11.4 Å². The first-order valence-electron chi connectivity index (χ1n) is 6.29. The van der Waals surface area contributed by atoms with E-state index in [1.165, 1.54) is 4.90 Å². The van der Waals surface area contributed by atoms with Gasteiger partial charge in [0.15, 0.2) is 0 Å². The summed E-state index contributed by atoms with van der Waals surface area (Å²) in [5.41, 5.74) is 2.21. The molecule has 1 nitrogen and oxygen atoms in total. The fraction of sp³-hybridized carbons (Fsp3) is 0.0625. The molecule has 0 N–H and O–H groups in total. The van der Waals surface area contributed by atoms with Crippen molar-refractivity contribution in [2.45, 2.75) is 10.6 Å². The average Bonchev–Trinajstić information content (AvgIpc) is 2.95. The molecule has 1 heterocycles. The smallest absolute Gasteiger partial charge is 0.104 e. The second kappa shape index (κ2) is 7.09. The largest absolute Gasteiger partial charge is 0.240 e. The monoisotopic (exact) mass is 439 g/mol. The van der Waals surface area contributed by atoms with Gasteiger partial charge in [-0.1, -0.05) is 50.1 Å². The lowest BCUT2D eigenvalue weighted by Gasteiger charge is -2.00. The number of nitrogens with zero attached hydrogens (tertiary/aromatic N) is 1. The summed E-state index contributed by atoms with van der Waals surface area (Å²) in [6, 6.07) is 16.6. The van der Waals surface area contributed by atoms with E-state index >= 15 is 0 Å². The van der Waals surface area contributed by atoms with Crippen LogP contribution in [0.1, 0.15) is 5.01 Å². The van der Waals surface area contributed by atoms with Crippen molar-refractivity contribution in [2.24, 2.45) is 0 Å². The van der Waals surface area contributed by atoms with E-state index in [1.807, 2.05) is 30.0 Å². The summed E-state index contributed by atoms with van der Waals surface area (Å²) in [6.45, 7) is 0. The summed E-state index contributed by atoms with van der Waals surface area (Å²) >= 11 is 10.5. The van der Waals surface area contributed by atoms with E-state index in [9.17, 15) is 0 Å². The minimum atomic E-state index is 0.900. The molecule has 0 unspecified atom stereocenters. The molecule has 3 aromatic rings. The van der Waals surface area contributed by atoms with Crippen LogP contribution in [-0.2, 0) is 5.75 Å². The number of thiazole rings is 1. The molecule has 0 spiro atoms. The van der Waals surface area contributed by atoms with Crippen LogP contribution in [0, 0.1) is 0 Å². The Morgan fingerprint density at radius 1 is 1.00 bits per heavy atom. The molecule has 1 aromatic heterocycles. The van der Waals surface area contributed by atoms with Gasteiger partial charge in [0.2, 0.25) is 0 Å². The third-order valence-corrected chi connectivity index (χ3v) is 5.91. The highest BCUT2D eigenvalue weighted by Crippen LogP contribution is 2.29. The van der Waals surface area contributed by atoms with E-state index in [1.54, 1.807) is 11.3 Å². The van der Waals surface area contributed by atoms with Crippen molar-refractivity contribution in [1.82, 2.24) is 4.98 Å². The molecule has 2 aromatic carbocycles. The summed E-state index contributed by atoms with van der Waals surface area (Å²) in [4.78, 5) is 5.97. The van der Waals surface area contributed by atoms with Crippen molar-refractivity contribution < 1.29 is 0 Å². The van der Waals surface area contributed by atoms with Crippen molar-refractivity contribution >= 4 is 55.0 Å². The molecule has 0 fully saturated rings. The Bertz CT molecular complexity index is 738. The molecule has 3 rings (SSSR count). The normalized spacial score (nSPS) is 10.8. The molecule has 0 aliphatic rings. The number of hydrogen-bond donors (Lipinski definition) is 0. The third-order valence-electron chi connectivity index (χ3n) is 2.85. The maximum absolute atomic E-state index is 4.72. The Hall–Kier alpha value is -0.620. The molecular weight excluding hydrogens is 430 g/mol. The van der Waals surface area contributed by atoms with Crippen LogP contribution in [-0.4, -0.2) is 4.98 Å². The van der Waals surface area contributed by atoms with Gasteiger partial charge in [-0.05, 0) is 30.3 Å². The fourth-order valence-corrected chi connectivity index (χ4v) is 4.42. The van der Waals surface area contributed by atoms with Crippen LogP contribution in [0.3, 0.4) is 0 Å². The zero-order chi connectivity index (χ0) is 14.7. The van der Waals surface area contributed by atoms with Gasteiger partial charge < -0.3 is 0 Å². The molecule has 106 valence electrons. The van der Waals surface area contributed by atoms with Gasteiger partial charge in [-0.25, -0.2) is 4.98 Å². The van der Waals surface area contributed by atoms with Crippen LogP contribution >= 0.6 is 55.0 Å². The van der Waals surface area contributed by atoms with Crippen molar-refractivity contribution in [1.29, 1.82) is 0 Å². The molecule has 0 bridgehead atoms. The highest BCUT2D eigenvalue weighted by molar-refractivity contribution is 9.10. The zero-order valence-electron chi connectivity index (χ0n) is 10.9. The molecule has 0 atom stereocenters. The van der Waals surface area contributed by atoms with Gasteiger partial charge in [0.25, 0.3) is 0 Å². The van der Waals surface area contributed by atoms with E-state index in [2.05, 4.69) is 67.6 Å². The lowest BCUT2D eigenvalue weighted by atomic mass is 10.2. The van der Waals surface area contributed by atoms with Crippen LogP contribution < -0.4 is 0 Å². The Balaban J connectivity index is 1.69. The van der Waals surface area contributed by atoms with Crippen LogP contribution in [0.2, 0.25) is 0 Å². The van der Waals surface area contributed by atoms with Crippen molar-refractivity contribution in [3.63, 3.8) is 0 Å². The van der Waals surface area contributed by atoms with Crippen LogP contribution in [0.15, 0.2) is 67.8 Å². The van der Waals surface area contributed by atoms with Gasteiger partial charge in [-0.2, -0.15) is 0 Å². The molecule has 0 saturated heterocycles. The number of thioether (sulfide) groups is 1. The van der Waals surface area contributed by atoms with Crippen LogP contribution in [0.4, 0.5) is 0 Å². The molecule has 0 aliphatic carbocycles. The average molecular weight is 441 g/mol. The Morgan fingerprint density at radius 3 is 2.57 bits per heavy atom. The lowest BCUT2D eigenvalue weighted by molar-refractivity contribution is 1.26. The van der Waals surface area contributed by atoms with Crippen LogP contribution in [0.5, 0.6) is 0 Å². The van der Waals surface area contributed by atoms with Gasteiger partial charge in [-0.15, -0.1) is 23.1 Å². The predicted octanol–water partition coefficient (Wildman–Crippen LogP) is 6.63. The summed E-state index contributed by atoms with van der Waals surface area (Å²) < 4.78 is 2.20. The molecule has 0 saturated carbocycles. The number of rotatable bonds is 4. The first-order valence-corrected chi connectivity index (χ1v) is 9.74. The second-order valence-electron chi connectivity index (χ2n) is 4.38.